The minimum Gasteiger partial charge on any atom is -0.480 e. The molecule has 0 heterocycles. The van der Waals surface area contributed by atoms with Gasteiger partial charge in [-0.25, -0.2) is 0 Å². The van der Waals surface area contributed by atoms with Crippen LogP contribution in [0.2, 0.25) is 0 Å². The summed E-state index contributed by atoms with van der Waals surface area (Å²) >= 11 is 0. The van der Waals surface area contributed by atoms with Crippen LogP contribution in [0.1, 0.15) is 42.9 Å². The highest BCUT2D eigenvalue weighted by Gasteiger charge is 2.20. The van der Waals surface area contributed by atoms with Crippen LogP contribution in [0.4, 0.5) is 0 Å². The molecule has 24 heavy (non-hydrogen) atoms. The average Bonchev–Trinajstić information content (AvgIpc) is 2.61. The number of rotatable bonds is 7. The predicted molar refractivity (Wildman–Crippen MR) is 98.5 cm³/mol. The first-order chi connectivity index (χ1) is 11.5. The number of nitrogens with one attached hydrogen (secondary N) is 1. The lowest BCUT2D eigenvalue weighted by atomic mass is 10.0. The molecule has 0 spiro atoms. The SMILES string of the molecule is CC[C@@H](Oc1cccc(C)c1C)C(=O)NC[C@H](C)c1ccccc1. The van der Waals surface area contributed by atoms with E-state index < -0.39 is 6.10 Å². The van der Waals surface area contributed by atoms with Crippen molar-refractivity contribution in [2.24, 2.45) is 0 Å². The maximum absolute atomic E-state index is 12.5. The second kappa shape index (κ2) is 8.53. The molecule has 0 radical (unpaired) electrons. The summed E-state index contributed by atoms with van der Waals surface area (Å²) in [6.45, 7) is 8.76. The lowest BCUT2D eigenvalue weighted by Gasteiger charge is -2.20. The van der Waals surface area contributed by atoms with Crippen LogP contribution in [-0.2, 0) is 4.79 Å². The van der Waals surface area contributed by atoms with Gasteiger partial charge in [0, 0.05) is 6.54 Å². The predicted octanol–water partition coefficient (Wildman–Crippen LogP) is 4.38. The molecule has 2 aromatic rings. The van der Waals surface area contributed by atoms with E-state index >= 15 is 0 Å². The fourth-order valence-corrected chi connectivity index (χ4v) is 2.59. The summed E-state index contributed by atoms with van der Waals surface area (Å²) in [7, 11) is 0. The molecule has 3 heteroatoms. The third-order valence-corrected chi connectivity index (χ3v) is 4.44. The molecule has 0 bridgehead atoms. The Hall–Kier alpha value is -2.29. The van der Waals surface area contributed by atoms with Crippen molar-refractivity contribution in [3.63, 3.8) is 0 Å². The second-order valence-corrected chi connectivity index (χ2v) is 6.27. The maximum Gasteiger partial charge on any atom is 0.261 e. The summed E-state index contributed by atoms with van der Waals surface area (Å²) < 4.78 is 5.96. The summed E-state index contributed by atoms with van der Waals surface area (Å²) in [6, 6.07) is 16.1. The van der Waals surface area contributed by atoms with E-state index in [2.05, 4.69) is 24.4 Å². The number of carbonyl (C=O) groups is 1. The highest BCUT2D eigenvalue weighted by molar-refractivity contribution is 5.81. The van der Waals surface area contributed by atoms with Gasteiger partial charge in [-0.15, -0.1) is 0 Å². The van der Waals surface area contributed by atoms with Gasteiger partial charge >= 0.3 is 0 Å². The third kappa shape index (κ3) is 4.60. The van der Waals surface area contributed by atoms with Crippen LogP contribution in [0.3, 0.4) is 0 Å². The monoisotopic (exact) mass is 325 g/mol. The molecule has 2 aromatic carbocycles. The van der Waals surface area contributed by atoms with Crippen LogP contribution in [-0.4, -0.2) is 18.6 Å². The number of carbonyl (C=O) groups excluding carboxylic acids is 1. The molecule has 1 N–H and O–H groups in total. The van der Waals surface area contributed by atoms with E-state index in [0.717, 1.165) is 11.3 Å². The van der Waals surface area contributed by atoms with E-state index in [1.54, 1.807) is 0 Å². The molecule has 0 aromatic heterocycles. The summed E-state index contributed by atoms with van der Waals surface area (Å²) in [5.41, 5.74) is 3.48. The van der Waals surface area contributed by atoms with Gasteiger partial charge in [0.15, 0.2) is 6.10 Å². The van der Waals surface area contributed by atoms with Crippen molar-refractivity contribution in [2.75, 3.05) is 6.54 Å². The van der Waals surface area contributed by atoms with E-state index in [1.807, 2.05) is 57.2 Å². The lowest BCUT2D eigenvalue weighted by Crippen LogP contribution is -2.39. The third-order valence-electron chi connectivity index (χ3n) is 4.44. The van der Waals surface area contributed by atoms with E-state index in [-0.39, 0.29) is 11.8 Å². The first-order valence-corrected chi connectivity index (χ1v) is 8.58. The van der Waals surface area contributed by atoms with Crippen LogP contribution >= 0.6 is 0 Å². The van der Waals surface area contributed by atoms with Crippen molar-refractivity contribution >= 4 is 5.91 Å². The van der Waals surface area contributed by atoms with Gasteiger partial charge in [0.25, 0.3) is 5.91 Å². The molecular formula is C21H27NO2. The molecule has 0 aliphatic rings. The molecule has 128 valence electrons. The van der Waals surface area contributed by atoms with E-state index in [1.165, 1.54) is 11.1 Å². The van der Waals surface area contributed by atoms with Gasteiger partial charge in [-0.05, 0) is 48.9 Å². The van der Waals surface area contributed by atoms with E-state index in [4.69, 9.17) is 4.74 Å². The van der Waals surface area contributed by atoms with Gasteiger partial charge in [-0.2, -0.15) is 0 Å². The highest BCUT2D eigenvalue weighted by Crippen LogP contribution is 2.22. The summed E-state index contributed by atoms with van der Waals surface area (Å²) in [5, 5.41) is 3.02. The average molecular weight is 325 g/mol. The molecule has 2 atom stereocenters. The Balaban J connectivity index is 1.95. The van der Waals surface area contributed by atoms with Crippen LogP contribution in [0, 0.1) is 13.8 Å². The van der Waals surface area contributed by atoms with Crippen molar-refractivity contribution in [2.45, 2.75) is 46.1 Å². The molecule has 0 unspecified atom stereocenters. The molecule has 0 saturated carbocycles. The normalized spacial score (nSPS) is 13.2. The zero-order chi connectivity index (χ0) is 17.5. The zero-order valence-corrected chi connectivity index (χ0v) is 15.0. The van der Waals surface area contributed by atoms with Gasteiger partial charge in [0.05, 0.1) is 0 Å². The van der Waals surface area contributed by atoms with Crippen LogP contribution in [0.15, 0.2) is 48.5 Å². The van der Waals surface area contributed by atoms with Gasteiger partial charge < -0.3 is 10.1 Å². The van der Waals surface area contributed by atoms with Crippen molar-refractivity contribution in [3.05, 3.63) is 65.2 Å². The molecule has 0 aliphatic heterocycles. The Labute approximate surface area is 145 Å². The minimum atomic E-state index is -0.464. The Bertz CT molecular complexity index is 667. The summed E-state index contributed by atoms with van der Waals surface area (Å²) in [5.74, 6) is 1.00. The Morgan fingerprint density at radius 1 is 1.08 bits per heavy atom. The number of hydrogen-bond donors (Lipinski definition) is 1. The Kier molecular flexibility index (Phi) is 6.42. The molecule has 0 saturated heterocycles. The smallest absolute Gasteiger partial charge is 0.261 e. The van der Waals surface area contributed by atoms with Crippen molar-refractivity contribution in [1.82, 2.24) is 5.32 Å². The minimum absolute atomic E-state index is 0.0545. The molecule has 0 aliphatic carbocycles. The van der Waals surface area contributed by atoms with Gasteiger partial charge in [0.2, 0.25) is 0 Å². The van der Waals surface area contributed by atoms with Gasteiger partial charge in [0.1, 0.15) is 5.75 Å². The van der Waals surface area contributed by atoms with Crippen LogP contribution in [0.5, 0.6) is 5.75 Å². The first-order valence-electron chi connectivity index (χ1n) is 8.58. The lowest BCUT2D eigenvalue weighted by molar-refractivity contribution is -0.128. The molecule has 2 rings (SSSR count). The van der Waals surface area contributed by atoms with E-state index in [0.29, 0.717) is 13.0 Å². The second-order valence-electron chi connectivity index (χ2n) is 6.27. The van der Waals surface area contributed by atoms with Crippen molar-refractivity contribution in [1.29, 1.82) is 0 Å². The van der Waals surface area contributed by atoms with Gasteiger partial charge in [-0.3, -0.25) is 4.79 Å². The fraction of sp³-hybridized carbons (Fsp3) is 0.381. The van der Waals surface area contributed by atoms with E-state index in [9.17, 15) is 4.79 Å². The quantitative estimate of drug-likeness (QED) is 0.820. The zero-order valence-electron chi connectivity index (χ0n) is 15.0. The first kappa shape index (κ1) is 18.1. The van der Waals surface area contributed by atoms with Crippen molar-refractivity contribution in [3.8, 4) is 5.75 Å². The molecular weight excluding hydrogens is 298 g/mol. The Morgan fingerprint density at radius 2 is 1.79 bits per heavy atom. The number of amides is 1. The number of aryl methyl sites for hydroxylation is 1. The topological polar surface area (TPSA) is 38.3 Å². The summed E-state index contributed by atoms with van der Waals surface area (Å²) in [6.07, 6.45) is 0.173. The fourth-order valence-electron chi connectivity index (χ4n) is 2.59. The molecule has 3 nitrogen and oxygen atoms in total. The highest BCUT2D eigenvalue weighted by atomic mass is 16.5. The number of hydrogen-bond acceptors (Lipinski definition) is 2. The number of ether oxygens (including phenoxy) is 1. The number of benzene rings is 2. The summed E-state index contributed by atoms with van der Waals surface area (Å²) in [4.78, 5) is 12.5. The van der Waals surface area contributed by atoms with Crippen molar-refractivity contribution < 1.29 is 9.53 Å². The Morgan fingerprint density at radius 3 is 2.46 bits per heavy atom. The van der Waals surface area contributed by atoms with Gasteiger partial charge in [-0.1, -0.05) is 56.3 Å². The van der Waals surface area contributed by atoms with Crippen LogP contribution in [0.25, 0.3) is 0 Å². The molecule has 1 amide bonds. The standard InChI is InChI=1S/C21H27NO2/c1-5-19(24-20-13-9-10-15(2)17(20)4)21(23)22-14-16(3)18-11-7-6-8-12-18/h6-13,16,19H,5,14H2,1-4H3,(H,22,23)/t16-,19+/m0/s1. The maximum atomic E-state index is 12.5. The van der Waals surface area contributed by atoms with Crippen LogP contribution < -0.4 is 10.1 Å². The molecule has 0 fully saturated rings. The largest absolute Gasteiger partial charge is 0.480 e.